The Morgan fingerprint density at radius 3 is 2.09 bits per heavy atom. The maximum absolute atomic E-state index is 11.3. The van der Waals surface area contributed by atoms with E-state index in [1.807, 2.05) is 45.9 Å². The minimum Gasteiger partial charge on any atom is -0.478 e. The van der Waals surface area contributed by atoms with Crippen molar-refractivity contribution < 1.29 is 33.7 Å². The standard InChI is InChI=1S/C27H35BO7/c1-24(2)25(3,4)33-28(32-24)22-15-19(8-6-18(22)7-9-23(29)30)27(31-5)26(34-35-27)20-11-16-10-17(13-20)14-21(26)12-16/h6-9,15-17,20-21H,10-14H2,1-5H3,(H,29,30)/b9-7+. The van der Waals surface area contributed by atoms with Gasteiger partial charge in [-0.15, -0.1) is 0 Å². The Hall–Kier alpha value is -1.71. The van der Waals surface area contributed by atoms with E-state index in [-0.39, 0.29) is 0 Å². The molecule has 7 nitrogen and oxygen atoms in total. The van der Waals surface area contributed by atoms with Gasteiger partial charge in [-0.05, 0) is 101 Å². The zero-order valence-electron chi connectivity index (χ0n) is 21.2. The lowest BCUT2D eigenvalue weighted by Gasteiger charge is -2.68. The molecule has 4 saturated carbocycles. The molecule has 0 radical (unpaired) electrons. The topological polar surface area (TPSA) is 83.5 Å². The SMILES string of the molecule is COC1(c2ccc(/C=C/C(=O)O)c(B3OC(C)(C)C(C)(C)O3)c2)OOC12C1CC3CC(C1)CC2C3. The number of benzene rings is 1. The lowest BCUT2D eigenvalue weighted by molar-refractivity contribution is -0.645. The number of ether oxygens (including phenoxy) is 1. The van der Waals surface area contributed by atoms with Crippen molar-refractivity contribution in [1.82, 2.24) is 0 Å². The van der Waals surface area contributed by atoms with Gasteiger partial charge in [-0.3, -0.25) is 0 Å². The second-order valence-corrected chi connectivity index (χ2v) is 12.2. The third-order valence-corrected chi connectivity index (χ3v) is 9.83. The van der Waals surface area contributed by atoms with Crippen molar-refractivity contribution >= 4 is 24.6 Å². The van der Waals surface area contributed by atoms with Gasteiger partial charge in [-0.2, -0.15) is 4.89 Å². The lowest BCUT2D eigenvalue weighted by Crippen LogP contribution is -2.76. The largest absolute Gasteiger partial charge is 0.495 e. The van der Waals surface area contributed by atoms with Crippen molar-refractivity contribution in [3.05, 3.63) is 35.4 Å². The van der Waals surface area contributed by atoms with Crippen LogP contribution >= 0.6 is 0 Å². The molecule has 2 saturated heterocycles. The molecule has 1 aromatic rings. The molecule has 1 spiro atoms. The van der Waals surface area contributed by atoms with Gasteiger partial charge < -0.3 is 19.2 Å². The number of carboxylic acid groups (broad SMARTS) is 1. The van der Waals surface area contributed by atoms with Gasteiger partial charge in [-0.1, -0.05) is 18.2 Å². The van der Waals surface area contributed by atoms with E-state index in [1.54, 1.807) is 13.2 Å². The van der Waals surface area contributed by atoms with Crippen molar-refractivity contribution in [3.8, 4) is 0 Å². The number of aliphatic carboxylic acids is 1. The molecule has 4 aliphatic carbocycles. The van der Waals surface area contributed by atoms with Crippen molar-refractivity contribution in [2.75, 3.05) is 7.11 Å². The Labute approximate surface area is 207 Å². The molecule has 0 aromatic heterocycles. The number of carbonyl (C=O) groups is 1. The highest BCUT2D eigenvalue weighted by molar-refractivity contribution is 6.63. The number of carboxylic acids is 1. The summed E-state index contributed by atoms with van der Waals surface area (Å²) in [6.45, 7) is 8.03. The summed E-state index contributed by atoms with van der Waals surface area (Å²) >= 11 is 0. The zero-order valence-corrected chi connectivity index (χ0v) is 21.2. The van der Waals surface area contributed by atoms with Crippen LogP contribution in [0.15, 0.2) is 24.3 Å². The maximum atomic E-state index is 11.3. The first-order chi connectivity index (χ1) is 16.5. The molecular formula is C27H35BO7. The van der Waals surface area contributed by atoms with Gasteiger partial charge in [0, 0.05) is 18.7 Å². The molecule has 4 bridgehead atoms. The summed E-state index contributed by atoms with van der Waals surface area (Å²) in [5.41, 5.74) is 0.777. The van der Waals surface area contributed by atoms with Crippen LogP contribution in [0.1, 0.15) is 70.9 Å². The molecule has 0 amide bonds. The van der Waals surface area contributed by atoms with Gasteiger partial charge in [0.25, 0.3) is 5.79 Å². The van der Waals surface area contributed by atoms with Crippen LogP contribution in [0.2, 0.25) is 0 Å². The number of rotatable bonds is 5. The summed E-state index contributed by atoms with van der Waals surface area (Å²) < 4.78 is 19.0. The summed E-state index contributed by atoms with van der Waals surface area (Å²) in [4.78, 5) is 23.4. The molecule has 1 N–H and O–H groups in total. The third-order valence-electron chi connectivity index (χ3n) is 9.83. The molecule has 6 fully saturated rings. The van der Waals surface area contributed by atoms with Crippen LogP contribution in [-0.2, 0) is 34.4 Å². The Kier molecular flexibility index (Phi) is 5.18. The van der Waals surface area contributed by atoms with E-state index in [2.05, 4.69) is 0 Å². The van der Waals surface area contributed by atoms with Crippen LogP contribution in [0.25, 0.3) is 6.08 Å². The highest BCUT2D eigenvalue weighted by Crippen LogP contribution is 2.69. The molecule has 35 heavy (non-hydrogen) atoms. The fourth-order valence-corrected chi connectivity index (χ4v) is 7.62. The first-order valence-electron chi connectivity index (χ1n) is 12.8. The van der Waals surface area contributed by atoms with E-state index >= 15 is 0 Å². The zero-order chi connectivity index (χ0) is 24.8. The summed E-state index contributed by atoms with van der Waals surface area (Å²) in [6.07, 6.45) is 8.70. The second-order valence-electron chi connectivity index (χ2n) is 12.2. The first-order valence-corrected chi connectivity index (χ1v) is 12.8. The van der Waals surface area contributed by atoms with E-state index in [4.69, 9.17) is 23.8 Å². The molecule has 7 rings (SSSR count). The Bertz CT molecular complexity index is 1030. The van der Waals surface area contributed by atoms with Gasteiger partial charge in [0.15, 0.2) is 5.60 Å². The van der Waals surface area contributed by atoms with Gasteiger partial charge >= 0.3 is 13.1 Å². The van der Waals surface area contributed by atoms with E-state index in [9.17, 15) is 9.90 Å². The van der Waals surface area contributed by atoms with Gasteiger partial charge in [0.05, 0.1) is 11.2 Å². The summed E-state index contributed by atoms with van der Waals surface area (Å²) in [6, 6.07) is 5.87. The number of hydrogen-bond acceptors (Lipinski definition) is 6. The molecule has 1 atom stereocenters. The average molecular weight is 482 g/mol. The Balaban J connectivity index is 1.43. The molecule has 188 valence electrons. The fraction of sp³-hybridized carbons (Fsp3) is 0.667. The van der Waals surface area contributed by atoms with Crippen molar-refractivity contribution in [2.45, 2.75) is 82.4 Å². The van der Waals surface area contributed by atoms with Crippen molar-refractivity contribution in [3.63, 3.8) is 0 Å². The lowest BCUT2D eigenvalue weighted by atomic mass is 9.47. The predicted molar refractivity (Wildman–Crippen MR) is 129 cm³/mol. The van der Waals surface area contributed by atoms with E-state index in [0.29, 0.717) is 11.8 Å². The minimum absolute atomic E-state index is 0.402. The highest BCUT2D eigenvalue weighted by atomic mass is 17.3. The molecule has 1 aromatic carbocycles. The van der Waals surface area contributed by atoms with E-state index in [0.717, 1.165) is 60.2 Å². The minimum atomic E-state index is -1.01. The van der Waals surface area contributed by atoms with Crippen LogP contribution in [0.4, 0.5) is 0 Å². The normalized spacial score (nSPS) is 40.5. The Morgan fingerprint density at radius 1 is 1.00 bits per heavy atom. The van der Waals surface area contributed by atoms with Gasteiger partial charge in [-0.25, -0.2) is 9.68 Å². The monoisotopic (exact) mass is 482 g/mol. The van der Waals surface area contributed by atoms with E-state index in [1.165, 1.54) is 6.42 Å². The van der Waals surface area contributed by atoms with Crippen LogP contribution in [-0.4, -0.2) is 42.1 Å². The molecule has 2 aliphatic heterocycles. The molecule has 1 unspecified atom stereocenters. The van der Waals surface area contributed by atoms with Gasteiger partial charge in [0.1, 0.15) is 0 Å². The van der Waals surface area contributed by atoms with Crippen molar-refractivity contribution in [1.29, 1.82) is 0 Å². The third kappa shape index (κ3) is 3.20. The summed E-state index contributed by atoms with van der Waals surface area (Å²) in [5, 5.41) is 9.24. The number of methoxy groups -OCH3 is 1. The molecule has 2 heterocycles. The maximum Gasteiger partial charge on any atom is 0.495 e. The van der Waals surface area contributed by atoms with E-state index < -0.39 is 35.7 Å². The quantitative estimate of drug-likeness (QED) is 0.385. The molecular weight excluding hydrogens is 447 g/mol. The fourth-order valence-electron chi connectivity index (χ4n) is 7.62. The summed E-state index contributed by atoms with van der Waals surface area (Å²) in [5.74, 6) is 0.351. The highest BCUT2D eigenvalue weighted by Gasteiger charge is 2.76. The van der Waals surface area contributed by atoms with Crippen LogP contribution in [0.3, 0.4) is 0 Å². The van der Waals surface area contributed by atoms with Crippen LogP contribution in [0, 0.1) is 23.7 Å². The number of hydrogen-bond donors (Lipinski definition) is 1. The Morgan fingerprint density at radius 2 is 1.60 bits per heavy atom. The summed E-state index contributed by atoms with van der Waals surface area (Å²) in [7, 11) is 1.04. The van der Waals surface area contributed by atoms with Crippen LogP contribution in [0.5, 0.6) is 0 Å². The average Bonchev–Trinajstić information content (AvgIpc) is 2.99. The molecule has 6 aliphatic rings. The second kappa shape index (κ2) is 7.65. The smallest absolute Gasteiger partial charge is 0.478 e. The first kappa shape index (κ1) is 23.7. The molecule has 8 heteroatoms. The van der Waals surface area contributed by atoms with Gasteiger partial charge in [0.2, 0.25) is 0 Å². The predicted octanol–water partition coefficient (Wildman–Crippen LogP) is 4.04. The van der Waals surface area contributed by atoms with Crippen LogP contribution < -0.4 is 5.46 Å². The van der Waals surface area contributed by atoms with Crippen molar-refractivity contribution in [2.24, 2.45) is 23.7 Å².